The maximum absolute atomic E-state index is 12.9. The average Bonchev–Trinajstić information content (AvgIpc) is 2.65. The molecule has 1 fully saturated rings. The molecule has 1 aromatic carbocycles. The molecule has 0 unspecified atom stereocenters. The molecule has 3 rings (SSSR count). The molecule has 2 amide bonds. The van der Waals surface area contributed by atoms with E-state index in [9.17, 15) is 14.4 Å². The van der Waals surface area contributed by atoms with E-state index < -0.39 is 0 Å². The summed E-state index contributed by atoms with van der Waals surface area (Å²) in [5, 5.41) is 3.67. The third kappa shape index (κ3) is 3.73. The molecule has 0 radical (unpaired) electrons. The van der Waals surface area contributed by atoms with Gasteiger partial charge in [0.25, 0.3) is 5.91 Å². The number of nitrogens with one attached hydrogen (secondary N) is 2. The fraction of sp³-hybridized carbons (Fsp3) is 0.421. The number of amides is 2. The Hall–Kier alpha value is -2.63. The zero-order chi connectivity index (χ0) is 17.8. The number of aromatic amines is 1. The van der Waals surface area contributed by atoms with Crippen LogP contribution in [0.4, 0.5) is 0 Å². The number of para-hydroxylation sites is 1. The maximum Gasteiger partial charge on any atom is 0.254 e. The molecule has 132 valence electrons. The summed E-state index contributed by atoms with van der Waals surface area (Å²) in [6.07, 6.45) is 2.23. The van der Waals surface area contributed by atoms with Crippen molar-refractivity contribution in [2.45, 2.75) is 26.2 Å². The summed E-state index contributed by atoms with van der Waals surface area (Å²) in [4.78, 5) is 41.3. The molecule has 0 atom stereocenters. The lowest BCUT2D eigenvalue weighted by Crippen LogP contribution is -2.43. The Morgan fingerprint density at radius 1 is 1.24 bits per heavy atom. The second-order valence-electron chi connectivity index (χ2n) is 6.45. The Labute approximate surface area is 146 Å². The van der Waals surface area contributed by atoms with Crippen LogP contribution in [0.2, 0.25) is 0 Å². The highest BCUT2D eigenvalue weighted by atomic mass is 16.2. The van der Waals surface area contributed by atoms with Crippen molar-refractivity contribution in [3.63, 3.8) is 0 Å². The first kappa shape index (κ1) is 17.2. The van der Waals surface area contributed by atoms with Crippen molar-refractivity contribution in [1.82, 2.24) is 15.2 Å². The lowest BCUT2D eigenvalue weighted by molar-refractivity contribution is -0.126. The molecule has 1 aromatic heterocycles. The van der Waals surface area contributed by atoms with Crippen molar-refractivity contribution in [2.75, 3.05) is 19.6 Å². The summed E-state index contributed by atoms with van der Waals surface area (Å²) in [7, 11) is 0. The number of benzene rings is 1. The van der Waals surface area contributed by atoms with E-state index in [-0.39, 0.29) is 23.3 Å². The smallest absolute Gasteiger partial charge is 0.254 e. The first-order valence-corrected chi connectivity index (χ1v) is 8.79. The van der Waals surface area contributed by atoms with Gasteiger partial charge in [0.1, 0.15) is 0 Å². The zero-order valence-electron chi connectivity index (χ0n) is 14.4. The average molecular weight is 341 g/mol. The van der Waals surface area contributed by atoms with Gasteiger partial charge in [-0.05, 0) is 25.3 Å². The predicted molar refractivity (Wildman–Crippen MR) is 96.5 cm³/mol. The zero-order valence-corrected chi connectivity index (χ0v) is 14.4. The fourth-order valence-corrected chi connectivity index (χ4v) is 3.29. The summed E-state index contributed by atoms with van der Waals surface area (Å²) in [5.74, 6) is -0.100. The van der Waals surface area contributed by atoms with Gasteiger partial charge in [0, 0.05) is 42.5 Å². The van der Waals surface area contributed by atoms with Gasteiger partial charge >= 0.3 is 0 Å². The molecule has 2 heterocycles. The molecule has 1 saturated heterocycles. The first-order chi connectivity index (χ1) is 12.1. The number of carbonyl (C=O) groups is 2. The number of hydrogen-bond acceptors (Lipinski definition) is 3. The van der Waals surface area contributed by atoms with Crippen LogP contribution < -0.4 is 10.9 Å². The Morgan fingerprint density at radius 3 is 2.68 bits per heavy atom. The molecule has 2 N–H and O–H groups in total. The molecule has 6 nitrogen and oxygen atoms in total. The number of carbonyl (C=O) groups excluding carboxylic acids is 2. The number of aromatic nitrogens is 1. The highest BCUT2D eigenvalue weighted by Crippen LogP contribution is 2.22. The molecule has 0 bridgehead atoms. The van der Waals surface area contributed by atoms with Gasteiger partial charge in [0.15, 0.2) is 0 Å². The SMILES string of the molecule is CCCNC(=O)C1CCN(C(=O)c2cc(=O)[nH]c3ccccc23)CC1. The highest BCUT2D eigenvalue weighted by Gasteiger charge is 2.28. The van der Waals surface area contributed by atoms with E-state index in [1.807, 2.05) is 25.1 Å². The van der Waals surface area contributed by atoms with E-state index in [0.29, 0.717) is 43.6 Å². The van der Waals surface area contributed by atoms with Gasteiger partial charge in [0.05, 0.1) is 5.56 Å². The van der Waals surface area contributed by atoms with E-state index in [1.54, 1.807) is 11.0 Å². The summed E-state index contributed by atoms with van der Waals surface area (Å²) < 4.78 is 0. The van der Waals surface area contributed by atoms with Gasteiger partial charge in [0.2, 0.25) is 11.5 Å². The Bertz CT molecular complexity index is 835. The van der Waals surface area contributed by atoms with Gasteiger partial charge in [-0.2, -0.15) is 0 Å². The second-order valence-corrected chi connectivity index (χ2v) is 6.45. The lowest BCUT2D eigenvalue weighted by atomic mass is 9.95. The molecule has 2 aromatic rings. The molecule has 1 aliphatic heterocycles. The summed E-state index contributed by atoms with van der Waals surface area (Å²) in [5.41, 5.74) is 0.802. The van der Waals surface area contributed by atoms with E-state index in [2.05, 4.69) is 10.3 Å². The molecule has 6 heteroatoms. The molecule has 0 saturated carbocycles. The predicted octanol–water partition coefficient (Wildman–Crippen LogP) is 1.91. The van der Waals surface area contributed by atoms with Crippen molar-refractivity contribution in [1.29, 1.82) is 0 Å². The van der Waals surface area contributed by atoms with Gasteiger partial charge in [-0.1, -0.05) is 25.1 Å². The van der Waals surface area contributed by atoms with Gasteiger partial charge in [-0.15, -0.1) is 0 Å². The summed E-state index contributed by atoms with van der Waals surface area (Å²) in [6.45, 7) is 3.78. The molecular formula is C19H23N3O3. The van der Waals surface area contributed by atoms with Crippen LogP contribution in [0.1, 0.15) is 36.5 Å². The topological polar surface area (TPSA) is 82.3 Å². The van der Waals surface area contributed by atoms with Gasteiger partial charge in [-0.25, -0.2) is 0 Å². The minimum atomic E-state index is -0.282. The number of fused-ring (bicyclic) bond motifs is 1. The second kappa shape index (κ2) is 7.51. The molecule has 25 heavy (non-hydrogen) atoms. The van der Waals surface area contributed by atoms with Crippen LogP contribution in [0.3, 0.4) is 0 Å². The molecule has 1 aliphatic rings. The minimum Gasteiger partial charge on any atom is -0.356 e. The Balaban J connectivity index is 1.73. The largest absolute Gasteiger partial charge is 0.356 e. The number of piperidine rings is 1. The number of likely N-dealkylation sites (tertiary alicyclic amines) is 1. The van der Waals surface area contributed by atoms with Gasteiger partial charge in [-0.3, -0.25) is 14.4 Å². The molecular weight excluding hydrogens is 318 g/mol. The van der Waals surface area contributed by atoms with Crippen LogP contribution in [0.15, 0.2) is 35.1 Å². The van der Waals surface area contributed by atoms with Crippen LogP contribution in [-0.4, -0.2) is 41.3 Å². The van der Waals surface area contributed by atoms with Crippen molar-refractivity contribution in [3.8, 4) is 0 Å². The summed E-state index contributed by atoms with van der Waals surface area (Å²) >= 11 is 0. The van der Waals surface area contributed by atoms with Crippen LogP contribution in [0.25, 0.3) is 10.9 Å². The van der Waals surface area contributed by atoms with Crippen molar-refractivity contribution in [3.05, 3.63) is 46.2 Å². The third-order valence-corrected chi connectivity index (χ3v) is 4.68. The van der Waals surface area contributed by atoms with Crippen LogP contribution in [-0.2, 0) is 4.79 Å². The molecule has 0 aliphatic carbocycles. The standard InChI is InChI=1S/C19H23N3O3/c1-2-9-20-18(24)13-7-10-22(11-8-13)19(25)15-12-17(23)21-16-6-4-3-5-14(15)16/h3-6,12-13H,2,7-11H2,1H3,(H,20,24)(H,21,23). The number of pyridine rings is 1. The molecule has 0 spiro atoms. The van der Waals surface area contributed by atoms with E-state index in [1.165, 1.54) is 6.07 Å². The number of nitrogens with zero attached hydrogens (tertiary/aromatic N) is 1. The van der Waals surface area contributed by atoms with Crippen LogP contribution >= 0.6 is 0 Å². The van der Waals surface area contributed by atoms with Crippen LogP contribution in [0.5, 0.6) is 0 Å². The van der Waals surface area contributed by atoms with Crippen molar-refractivity contribution in [2.24, 2.45) is 5.92 Å². The maximum atomic E-state index is 12.9. The quantitative estimate of drug-likeness (QED) is 0.891. The number of rotatable bonds is 4. The monoisotopic (exact) mass is 341 g/mol. The summed E-state index contributed by atoms with van der Waals surface area (Å²) in [6, 6.07) is 8.67. The highest BCUT2D eigenvalue weighted by molar-refractivity contribution is 6.06. The van der Waals surface area contributed by atoms with Crippen molar-refractivity contribution >= 4 is 22.7 Å². The van der Waals surface area contributed by atoms with Crippen molar-refractivity contribution < 1.29 is 9.59 Å². The van der Waals surface area contributed by atoms with Crippen LogP contribution in [0, 0.1) is 5.92 Å². The van der Waals surface area contributed by atoms with E-state index >= 15 is 0 Å². The van der Waals surface area contributed by atoms with E-state index in [4.69, 9.17) is 0 Å². The Morgan fingerprint density at radius 2 is 1.96 bits per heavy atom. The number of H-pyrrole nitrogens is 1. The minimum absolute atomic E-state index is 0.0356. The fourth-order valence-electron chi connectivity index (χ4n) is 3.29. The van der Waals surface area contributed by atoms with Gasteiger partial charge < -0.3 is 15.2 Å². The third-order valence-electron chi connectivity index (χ3n) is 4.68. The van der Waals surface area contributed by atoms with E-state index in [0.717, 1.165) is 11.8 Å². The normalized spacial score (nSPS) is 15.3. The first-order valence-electron chi connectivity index (χ1n) is 8.79. The number of hydrogen-bond donors (Lipinski definition) is 2. The lowest BCUT2D eigenvalue weighted by Gasteiger charge is -2.31. The Kier molecular flexibility index (Phi) is 5.16.